The molecule has 0 aliphatic heterocycles. The van der Waals surface area contributed by atoms with Gasteiger partial charge < -0.3 is 15.6 Å². The third kappa shape index (κ3) is 4.86. The zero-order valence-electron chi connectivity index (χ0n) is 7.78. The van der Waals surface area contributed by atoms with Crippen molar-refractivity contribution in [3.8, 4) is 0 Å². The van der Waals surface area contributed by atoms with E-state index in [2.05, 4.69) is 5.43 Å². The highest BCUT2D eigenvalue weighted by molar-refractivity contribution is 6.27. The van der Waals surface area contributed by atoms with Gasteiger partial charge in [0.25, 0.3) is 0 Å². The van der Waals surface area contributed by atoms with Gasteiger partial charge >= 0.3 is 11.9 Å². The number of carbonyl (C=O) groups is 2. The fourth-order valence-corrected chi connectivity index (χ4v) is 0.607. The quantitative estimate of drug-likeness (QED) is 0.318. The normalized spacial score (nSPS) is 8.69. The number of nitrogens with two attached hydrogens (primary N) is 1. The van der Waals surface area contributed by atoms with Gasteiger partial charge in [-0.15, -0.1) is 0 Å². The number of nitrogens with one attached hydrogen (secondary N) is 1. The number of carboxylic acid groups (broad SMARTS) is 2. The fraction of sp³-hybridized carbons (Fsp3) is 0. The second-order valence-corrected chi connectivity index (χ2v) is 2.38. The molecule has 0 heterocycles. The van der Waals surface area contributed by atoms with E-state index in [-0.39, 0.29) is 5.69 Å². The van der Waals surface area contributed by atoms with Crippen molar-refractivity contribution in [1.29, 1.82) is 0 Å². The van der Waals surface area contributed by atoms with E-state index in [4.69, 9.17) is 25.6 Å². The number of hydrazine groups is 1. The van der Waals surface area contributed by atoms with Crippen molar-refractivity contribution in [1.82, 2.24) is 0 Å². The highest BCUT2D eigenvalue weighted by Gasteiger charge is 2.04. The number of hydrogen-bond acceptors (Lipinski definition) is 4. The van der Waals surface area contributed by atoms with E-state index < -0.39 is 23.6 Å². The SMILES string of the molecule is NNc1ccc(F)cc1F.O=C(O)C(=O)O. The van der Waals surface area contributed by atoms with Crippen LogP contribution >= 0.6 is 0 Å². The molecule has 1 aromatic carbocycles. The van der Waals surface area contributed by atoms with E-state index in [0.717, 1.165) is 12.1 Å². The largest absolute Gasteiger partial charge is 0.473 e. The Morgan fingerprint density at radius 1 is 1.19 bits per heavy atom. The van der Waals surface area contributed by atoms with Gasteiger partial charge in [0.1, 0.15) is 5.82 Å². The van der Waals surface area contributed by atoms with Gasteiger partial charge in [0.2, 0.25) is 0 Å². The summed E-state index contributed by atoms with van der Waals surface area (Å²) in [6, 6.07) is 3.11. The molecule has 0 atom stereocenters. The molecule has 0 unspecified atom stereocenters. The van der Waals surface area contributed by atoms with E-state index in [0.29, 0.717) is 0 Å². The van der Waals surface area contributed by atoms with Crippen molar-refractivity contribution >= 4 is 17.6 Å². The maximum atomic E-state index is 12.5. The lowest BCUT2D eigenvalue weighted by molar-refractivity contribution is -0.159. The summed E-state index contributed by atoms with van der Waals surface area (Å²) < 4.78 is 24.6. The number of rotatable bonds is 1. The Balaban J connectivity index is 0.000000325. The van der Waals surface area contributed by atoms with Crippen LogP contribution in [0.2, 0.25) is 0 Å². The maximum absolute atomic E-state index is 12.5. The maximum Gasteiger partial charge on any atom is 0.414 e. The fourth-order valence-electron chi connectivity index (χ4n) is 0.607. The van der Waals surface area contributed by atoms with E-state index in [1.54, 1.807) is 0 Å². The number of anilines is 1. The predicted octanol–water partition coefficient (Wildman–Crippen LogP) is 0.406. The van der Waals surface area contributed by atoms with Crippen LogP contribution in [0.4, 0.5) is 14.5 Å². The number of nitrogen functional groups attached to an aromatic ring is 1. The van der Waals surface area contributed by atoms with Gasteiger partial charge in [-0.05, 0) is 12.1 Å². The minimum absolute atomic E-state index is 0.0846. The van der Waals surface area contributed by atoms with Crippen LogP contribution in [0.25, 0.3) is 0 Å². The summed E-state index contributed by atoms with van der Waals surface area (Å²) in [6.45, 7) is 0. The van der Waals surface area contributed by atoms with E-state index >= 15 is 0 Å². The second-order valence-electron chi connectivity index (χ2n) is 2.38. The number of benzene rings is 1. The van der Waals surface area contributed by atoms with Crippen LogP contribution in [0.5, 0.6) is 0 Å². The summed E-state index contributed by atoms with van der Waals surface area (Å²) in [6.07, 6.45) is 0. The zero-order chi connectivity index (χ0) is 12.7. The molecule has 0 spiro atoms. The Morgan fingerprint density at radius 2 is 1.69 bits per heavy atom. The summed E-state index contributed by atoms with van der Waals surface area (Å²) >= 11 is 0. The lowest BCUT2D eigenvalue weighted by Crippen LogP contribution is -2.09. The average Bonchev–Trinajstić information content (AvgIpc) is 2.18. The molecule has 0 aliphatic carbocycles. The van der Waals surface area contributed by atoms with Crippen LogP contribution in [0.3, 0.4) is 0 Å². The molecule has 16 heavy (non-hydrogen) atoms. The summed E-state index contributed by atoms with van der Waals surface area (Å²) in [5, 5.41) is 14.8. The predicted molar refractivity (Wildman–Crippen MR) is 49.4 cm³/mol. The number of hydrogen-bond donors (Lipinski definition) is 4. The molecule has 1 aromatic rings. The van der Waals surface area contributed by atoms with Gasteiger partial charge in [-0.1, -0.05) is 0 Å². The molecule has 1 rings (SSSR count). The third-order valence-electron chi connectivity index (χ3n) is 1.27. The number of carboxylic acids is 2. The minimum Gasteiger partial charge on any atom is -0.473 e. The third-order valence-corrected chi connectivity index (χ3v) is 1.27. The van der Waals surface area contributed by atoms with Crippen molar-refractivity contribution in [2.75, 3.05) is 5.43 Å². The van der Waals surface area contributed by atoms with Gasteiger partial charge in [0.05, 0.1) is 5.69 Å². The molecule has 0 saturated heterocycles. The van der Waals surface area contributed by atoms with E-state index in [9.17, 15) is 8.78 Å². The van der Waals surface area contributed by atoms with Gasteiger partial charge in [0, 0.05) is 6.07 Å². The van der Waals surface area contributed by atoms with Crippen molar-refractivity contribution in [2.45, 2.75) is 0 Å². The zero-order valence-corrected chi connectivity index (χ0v) is 7.78. The van der Waals surface area contributed by atoms with Crippen LogP contribution < -0.4 is 11.3 Å². The molecule has 0 amide bonds. The van der Waals surface area contributed by atoms with Gasteiger partial charge in [-0.3, -0.25) is 5.84 Å². The molecule has 0 fully saturated rings. The first-order chi connectivity index (χ1) is 7.38. The Kier molecular flexibility index (Phi) is 5.42. The molecular formula is C8H8F2N2O4. The molecular weight excluding hydrogens is 226 g/mol. The van der Waals surface area contributed by atoms with Crippen LogP contribution in [0, 0.1) is 11.6 Å². The summed E-state index contributed by atoms with van der Waals surface area (Å²) in [5.74, 6) is -0.0664. The monoisotopic (exact) mass is 234 g/mol. The highest BCUT2D eigenvalue weighted by atomic mass is 19.1. The van der Waals surface area contributed by atoms with Crippen LogP contribution in [0.15, 0.2) is 18.2 Å². The lowest BCUT2D eigenvalue weighted by Gasteiger charge is -1.99. The summed E-state index contributed by atoms with van der Waals surface area (Å²) in [7, 11) is 0. The Morgan fingerprint density at radius 3 is 2.00 bits per heavy atom. The Bertz CT molecular complexity index is 386. The standard InChI is InChI=1S/C6H6F2N2.C2H2O4/c7-4-1-2-6(10-9)5(8)3-4;3-1(4)2(5)6/h1-3,10H,9H2;(H,3,4)(H,5,6). The first-order valence-corrected chi connectivity index (χ1v) is 3.76. The van der Waals surface area contributed by atoms with Crippen molar-refractivity contribution < 1.29 is 28.6 Å². The molecule has 5 N–H and O–H groups in total. The molecule has 0 aromatic heterocycles. The van der Waals surface area contributed by atoms with Gasteiger partial charge in [0.15, 0.2) is 5.82 Å². The smallest absolute Gasteiger partial charge is 0.414 e. The van der Waals surface area contributed by atoms with E-state index in [1.807, 2.05) is 0 Å². The molecule has 6 nitrogen and oxygen atoms in total. The van der Waals surface area contributed by atoms with Crippen molar-refractivity contribution in [2.24, 2.45) is 5.84 Å². The lowest BCUT2D eigenvalue weighted by atomic mass is 10.3. The molecule has 88 valence electrons. The number of aliphatic carboxylic acids is 2. The molecule has 0 bridgehead atoms. The number of halogens is 2. The second kappa shape index (κ2) is 6.30. The van der Waals surface area contributed by atoms with Gasteiger partial charge in [-0.25, -0.2) is 18.4 Å². The Hall–Kier alpha value is -2.22. The summed E-state index contributed by atoms with van der Waals surface area (Å²) in [4.78, 5) is 18.2. The molecule has 0 aliphatic rings. The average molecular weight is 234 g/mol. The highest BCUT2D eigenvalue weighted by Crippen LogP contribution is 2.12. The van der Waals surface area contributed by atoms with Crippen molar-refractivity contribution in [3.63, 3.8) is 0 Å². The molecule has 8 heteroatoms. The molecule has 0 saturated carbocycles. The van der Waals surface area contributed by atoms with Crippen LogP contribution in [-0.4, -0.2) is 22.2 Å². The van der Waals surface area contributed by atoms with E-state index in [1.165, 1.54) is 6.07 Å². The van der Waals surface area contributed by atoms with Gasteiger partial charge in [-0.2, -0.15) is 0 Å². The molecule has 0 radical (unpaired) electrons. The first kappa shape index (κ1) is 13.8. The summed E-state index contributed by atoms with van der Waals surface area (Å²) in [5.41, 5.74) is 2.17. The minimum atomic E-state index is -1.82. The first-order valence-electron chi connectivity index (χ1n) is 3.76. The Labute approximate surface area is 88.3 Å². The topological polar surface area (TPSA) is 113 Å². The van der Waals surface area contributed by atoms with Crippen LogP contribution in [0.1, 0.15) is 0 Å². The van der Waals surface area contributed by atoms with Crippen LogP contribution in [-0.2, 0) is 9.59 Å². The van der Waals surface area contributed by atoms with Crippen molar-refractivity contribution in [3.05, 3.63) is 29.8 Å².